The minimum absolute atomic E-state index is 0.277. The van der Waals surface area contributed by atoms with Gasteiger partial charge in [0.2, 0.25) is 0 Å². The summed E-state index contributed by atoms with van der Waals surface area (Å²) < 4.78 is 4.60. The van der Waals surface area contributed by atoms with Crippen LogP contribution in [0.15, 0.2) is 0 Å². The lowest BCUT2D eigenvalue weighted by Gasteiger charge is -2.23. The predicted octanol–water partition coefficient (Wildman–Crippen LogP) is -2.62. The molecule has 0 saturated heterocycles. The van der Waals surface area contributed by atoms with Gasteiger partial charge in [-0.15, -0.1) is 0 Å². The molecule has 2 unspecified atom stereocenters. The number of ether oxygens (including phenoxy) is 1. The summed E-state index contributed by atoms with van der Waals surface area (Å²) in [6.07, 6.45) is -2.34. The summed E-state index contributed by atoms with van der Waals surface area (Å²) in [6, 6.07) is 0. The molecule has 2 atom stereocenters. The van der Waals surface area contributed by atoms with Gasteiger partial charge < -0.3 is 30.3 Å². The summed E-state index contributed by atoms with van der Waals surface area (Å²) >= 11 is 0. The number of rotatable bonds is 5. The molecule has 0 aliphatic heterocycles. The molecule has 0 rings (SSSR count). The number of aliphatic hydroxyl groups excluding tert-OH is 2. The molecule has 0 amide bonds. The molecule has 0 aromatic heterocycles. The van der Waals surface area contributed by atoms with Crippen LogP contribution < -0.4 is 0 Å². The second-order valence-electron chi connectivity index (χ2n) is 2.50. The zero-order valence-electron chi connectivity index (χ0n) is 6.71. The lowest BCUT2D eigenvalue weighted by atomic mass is 10.3. The van der Waals surface area contributed by atoms with E-state index in [4.69, 9.17) is 25.5 Å². The molecule has 5 N–H and O–H groups in total. The number of hydrogen-bond acceptors (Lipinski definition) is 6. The smallest absolute Gasteiger partial charge is 0.302 e. The third-order valence-corrected chi connectivity index (χ3v) is 1.29. The van der Waals surface area contributed by atoms with Crippen molar-refractivity contribution in [2.45, 2.75) is 25.1 Å². The van der Waals surface area contributed by atoms with E-state index in [-0.39, 0.29) is 6.61 Å². The molecule has 6 nitrogen and oxygen atoms in total. The van der Waals surface area contributed by atoms with E-state index < -0.39 is 24.8 Å². The monoisotopic (exact) mass is 182 g/mol. The minimum Gasteiger partial charge on any atom is -0.394 e. The highest BCUT2D eigenvalue weighted by Gasteiger charge is 2.29. The van der Waals surface area contributed by atoms with E-state index in [0.29, 0.717) is 0 Å². The van der Waals surface area contributed by atoms with E-state index in [9.17, 15) is 0 Å². The van der Waals surface area contributed by atoms with Crippen molar-refractivity contribution < 1.29 is 30.3 Å². The van der Waals surface area contributed by atoms with Crippen LogP contribution in [0.1, 0.15) is 6.92 Å². The van der Waals surface area contributed by atoms with E-state index in [1.54, 1.807) is 0 Å². The van der Waals surface area contributed by atoms with Gasteiger partial charge in [0.25, 0.3) is 0 Å². The molecule has 0 heterocycles. The van der Waals surface area contributed by atoms with E-state index in [1.807, 2.05) is 0 Å². The van der Waals surface area contributed by atoms with Crippen molar-refractivity contribution in [2.75, 3.05) is 13.2 Å². The maximum Gasteiger partial charge on any atom is 0.302 e. The van der Waals surface area contributed by atoms with E-state index in [0.717, 1.165) is 0 Å². The number of hydrogen-bond donors (Lipinski definition) is 5. The zero-order valence-corrected chi connectivity index (χ0v) is 6.71. The Labute approximate surface area is 69.6 Å². The van der Waals surface area contributed by atoms with Gasteiger partial charge in [0.05, 0.1) is 13.2 Å². The van der Waals surface area contributed by atoms with Crippen molar-refractivity contribution in [3.05, 3.63) is 0 Å². The molecule has 0 aliphatic carbocycles. The van der Waals surface area contributed by atoms with Crippen molar-refractivity contribution in [1.82, 2.24) is 0 Å². The highest BCUT2D eigenvalue weighted by atomic mass is 16.7. The van der Waals surface area contributed by atoms with Crippen LogP contribution in [-0.4, -0.2) is 56.9 Å². The normalized spacial score (nSPS) is 17.5. The van der Waals surface area contributed by atoms with E-state index in [2.05, 4.69) is 4.74 Å². The quantitative estimate of drug-likeness (QED) is 0.298. The van der Waals surface area contributed by atoms with Crippen LogP contribution in [0.3, 0.4) is 0 Å². The fourth-order valence-electron chi connectivity index (χ4n) is 0.420. The largest absolute Gasteiger partial charge is 0.394 e. The molecule has 0 aromatic carbocycles. The molecule has 0 fully saturated rings. The lowest BCUT2D eigenvalue weighted by Crippen LogP contribution is -2.43. The molecule has 0 aromatic rings. The van der Waals surface area contributed by atoms with Crippen LogP contribution in [0.2, 0.25) is 0 Å². The van der Waals surface area contributed by atoms with Gasteiger partial charge in [0, 0.05) is 0 Å². The first-order valence-electron chi connectivity index (χ1n) is 3.45. The van der Waals surface area contributed by atoms with Gasteiger partial charge in [-0.3, -0.25) is 0 Å². The molecule has 0 bridgehead atoms. The summed E-state index contributed by atoms with van der Waals surface area (Å²) in [5.41, 5.74) is 0. The molecule has 0 aliphatic rings. The Hall–Kier alpha value is -0.240. The van der Waals surface area contributed by atoms with Gasteiger partial charge in [0.1, 0.15) is 12.2 Å². The summed E-state index contributed by atoms with van der Waals surface area (Å²) in [7, 11) is 0. The highest BCUT2D eigenvalue weighted by molar-refractivity contribution is 4.60. The Kier molecular flexibility index (Phi) is 4.61. The maximum absolute atomic E-state index is 8.75. The van der Waals surface area contributed by atoms with Crippen molar-refractivity contribution in [3.8, 4) is 0 Å². The Balaban J connectivity index is 3.64. The van der Waals surface area contributed by atoms with Gasteiger partial charge in [-0.2, -0.15) is 0 Å². The van der Waals surface area contributed by atoms with Crippen LogP contribution >= 0.6 is 0 Å². The lowest BCUT2D eigenvalue weighted by molar-refractivity contribution is -0.359. The van der Waals surface area contributed by atoms with Crippen molar-refractivity contribution in [1.29, 1.82) is 0 Å². The standard InChI is InChI=1S/C6H14O6/c1-4(6(9,10)11)12-3-5(8)2-7/h4-5,7-11H,2-3H2,1H3. The SMILES string of the molecule is CC(OCC(O)CO)C(O)(O)O. The van der Waals surface area contributed by atoms with Crippen LogP contribution in [0.25, 0.3) is 0 Å². The molecule has 0 radical (unpaired) electrons. The third-order valence-electron chi connectivity index (χ3n) is 1.29. The summed E-state index contributed by atoms with van der Waals surface area (Å²) in [5.74, 6) is -2.92. The minimum atomic E-state index is -2.92. The first-order valence-corrected chi connectivity index (χ1v) is 3.45. The Morgan fingerprint density at radius 2 is 1.83 bits per heavy atom. The maximum atomic E-state index is 8.75. The summed E-state index contributed by atoms with van der Waals surface area (Å²) in [4.78, 5) is 0. The molecule has 0 saturated carbocycles. The molecule has 12 heavy (non-hydrogen) atoms. The Morgan fingerprint density at radius 3 is 2.17 bits per heavy atom. The first kappa shape index (κ1) is 11.8. The fourth-order valence-corrected chi connectivity index (χ4v) is 0.420. The molecular formula is C6H14O6. The van der Waals surface area contributed by atoms with Crippen LogP contribution in [0.5, 0.6) is 0 Å². The van der Waals surface area contributed by atoms with Gasteiger partial charge in [0.15, 0.2) is 0 Å². The van der Waals surface area contributed by atoms with Gasteiger partial charge >= 0.3 is 5.97 Å². The van der Waals surface area contributed by atoms with Crippen LogP contribution in [0, 0.1) is 0 Å². The second-order valence-corrected chi connectivity index (χ2v) is 2.50. The molecular weight excluding hydrogens is 168 g/mol. The predicted molar refractivity (Wildman–Crippen MR) is 37.9 cm³/mol. The Morgan fingerprint density at radius 1 is 1.33 bits per heavy atom. The van der Waals surface area contributed by atoms with E-state index in [1.165, 1.54) is 6.92 Å². The average molecular weight is 182 g/mol. The van der Waals surface area contributed by atoms with E-state index >= 15 is 0 Å². The topological polar surface area (TPSA) is 110 Å². The fraction of sp³-hybridized carbons (Fsp3) is 1.00. The zero-order chi connectivity index (χ0) is 9.78. The molecule has 0 spiro atoms. The van der Waals surface area contributed by atoms with Crippen molar-refractivity contribution in [2.24, 2.45) is 0 Å². The first-order chi connectivity index (χ1) is 5.38. The highest BCUT2D eigenvalue weighted by Crippen LogP contribution is 2.05. The van der Waals surface area contributed by atoms with Gasteiger partial charge in [-0.25, -0.2) is 0 Å². The average Bonchev–Trinajstić information content (AvgIpc) is 1.97. The second kappa shape index (κ2) is 4.70. The van der Waals surface area contributed by atoms with Gasteiger partial charge in [-0.05, 0) is 6.92 Å². The summed E-state index contributed by atoms with van der Waals surface area (Å²) in [6.45, 7) is 0.452. The van der Waals surface area contributed by atoms with Crippen molar-refractivity contribution in [3.63, 3.8) is 0 Å². The molecule has 74 valence electrons. The van der Waals surface area contributed by atoms with Gasteiger partial charge in [-0.1, -0.05) is 0 Å². The third kappa shape index (κ3) is 4.60. The summed E-state index contributed by atoms with van der Waals surface area (Å²) in [5, 5.41) is 42.6. The molecule has 6 heteroatoms. The van der Waals surface area contributed by atoms with Crippen LogP contribution in [0.4, 0.5) is 0 Å². The van der Waals surface area contributed by atoms with Crippen LogP contribution in [-0.2, 0) is 4.74 Å². The number of aliphatic hydroxyl groups is 5. The Bertz CT molecular complexity index is 120. The van der Waals surface area contributed by atoms with Crippen molar-refractivity contribution >= 4 is 0 Å².